The minimum Gasteiger partial charge on any atom is -0.353 e. The summed E-state index contributed by atoms with van der Waals surface area (Å²) < 4.78 is 36.4. The first kappa shape index (κ1) is 12.7. The van der Waals surface area contributed by atoms with Gasteiger partial charge < -0.3 is 10.6 Å². The predicted molar refractivity (Wildman–Crippen MR) is 56.3 cm³/mol. The average Bonchev–Trinajstić information content (AvgIpc) is 2.74. The minimum absolute atomic E-state index is 0.149. The molecule has 2 bridgehead atoms. The van der Waals surface area contributed by atoms with Crippen molar-refractivity contribution in [2.75, 3.05) is 0 Å². The Bertz CT molecular complexity index is 306. The van der Waals surface area contributed by atoms with Gasteiger partial charge in [0.25, 0.3) is 0 Å². The third-order valence-corrected chi connectivity index (χ3v) is 3.56. The number of hydrogen-bond acceptors (Lipinski definition) is 2. The van der Waals surface area contributed by atoms with Crippen molar-refractivity contribution in [2.45, 2.75) is 56.9 Å². The summed E-state index contributed by atoms with van der Waals surface area (Å²) >= 11 is 0. The molecule has 3 nitrogen and oxygen atoms in total. The largest absolute Gasteiger partial charge is 0.391 e. The number of halogens is 3. The molecule has 0 spiro atoms. The molecule has 0 radical (unpaired) electrons. The molecule has 2 saturated heterocycles. The molecule has 0 aliphatic carbocycles. The Morgan fingerprint density at radius 2 is 2.18 bits per heavy atom. The van der Waals surface area contributed by atoms with Gasteiger partial charge in [-0.25, -0.2) is 0 Å². The predicted octanol–water partition coefficient (Wildman–Crippen LogP) is 1.58. The number of carbonyl (C=O) groups excluding carboxylic acids is 1. The van der Waals surface area contributed by atoms with E-state index in [-0.39, 0.29) is 17.9 Å². The minimum atomic E-state index is -4.22. The van der Waals surface area contributed by atoms with E-state index in [2.05, 4.69) is 10.6 Å². The van der Waals surface area contributed by atoms with Crippen LogP contribution < -0.4 is 10.6 Å². The molecule has 2 fully saturated rings. The zero-order chi connectivity index (χ0) is 12.6. The van der Waals surface area contributed by atoms with Crippen LogP contribution in [0, 0.1) is 5.92 Å². The van der Waals surface area contributed by atoms with Crippen molar-refractivity contribution in [3.05, 3.63) is 0 Å². The smallest absolute Gasteiger partial charge is 0.353 e. The quantitative estimate of drug-likeness (QED) is 0.798. The third-order valence-electron chi connectivity index (χ3n) is 3.56. The lowest BCUT2D eigenvalue weighted by molar-refractivity contribution is -0.142. The van der Waals surface area contributed by atoms with Gasteiger partial charge in [-0.15, -0.1) is 0 Å². The lowest BCUT2D eigenvalue weighted by Gasteiger charge is -2.22. The second-order valence-electron chi connectivity index (χ2n) is 5.12. The summed E-state index contributed by atoms with van der Waals surface area (Å²) in [5, 5.41) is 5.76. The van der Waals surface area contributed by atoms with Crippen LogP contribution in [0.15, 0.2) is 0 Å². The average molecular weight is 250 g/mol. The Morgan fingerprint density at radius 3 is 2.65 bits per heavy atom. The van der Waals surface area contributed by atoms with Gasteiger partial charge in [-0.2, -0.15) is 13.2 Å². The second kappa shape index (κ2) is 4.48. The molecule has 17 heavy (non-hydrogen) atoms. The fourth-order valence-corrected chi connectivity index (χ4v) is 2.86. The van der Waals surface area contributed by atoms with Gasteiger partial charge in [-0.1, -0.05) is 0 Å². The molecule has 0 aromatic carbocycles. The highest BCUT2D eigenvalue weighted by atomic mass is 19.4. The van der Waals surface area contributed by atoms with Crippen LogP contribution in [0.4, 0.5) is 13.2 Å². The third kappa shape index (κ3) is 3.12. The van der Waals surface area contributed by atoms with Crippen molar-refractivity contribution in [1.82, 2.24) is 10.6 Å². The summed E-state index contributed by atoms with van der Waals surface area (Å²) in [6, 6.07) is -0.298. The lowest BCUT2D eigenvalue weighted by atomic mass is 9.88. The van der Waals surface area contributed by atoms with Crippen LogP contribution in [0.25, 0.3) is 0 Å². The van der Waals surface area contributed by atoms with Crippen LogP contribution >= 0.6 is 0 Å². The van der Waals surface area contributed by atoms with Crippen molar-refractivity contribution in [2.24, 2.45) is 5.92 Å². The van der Waals surface area contributed by atoms with E-state index in [9.17, 15) is 18.0 Å². The van der Waals surface area contributed by atoms with E-state index in [1.165, 1.54) is 6.92 Å². The van der Waals surface area contributed by atoms with Crippen molar-refractivity contribution in [3.8, 4) is 0 Å². The maximum atomic E-state index is 12.1. The maximum absolute atomic E-state index is 12.1. The van der Waals surface area contributed by atoms with Gasteiger partial charge in [0.1, 0.15) is 0 Å². The topological polar surface area (TPSA) is 41.1 Å². The van der Waals surface area contributed by atoms with Crippen LogP contribution in [0.2, 0.25) is 0 Å². The summed E-state index contributed by atoms with van der Waals surface area (Å²) in [5.41, 5.74) is 0. The van der Waals surface area contributed by atoms with Gasteiger partial charge in [0, 0.05) is 18.1 Å². The Hall–Kier alpha value is -0.780. The first-order valence-electron chi connectivity index (χ1n) is 5.98. The number of amides is 1. The Morgan fingerprint density at radius 1 is 1.47 bits per heavy atom. The molecule has 2 rings (SSSR count). The molecule has 0 saturated carbocycles. The first-order chi connectivity index (χ1) is 7.85. The summed E-state index contributed by atoms with van der Waals surface area (Å²) in [5.74, 6) is -0.383. The lowest BCUT2D eigenvalue weighted by Crippen LogP contribution is -2.43. The molecule has 4 atom stereocenters. The molecule has 2 aliphatic heterocycles. The van der Waals surface area contributed by atoms with Crippen molar-refractivity contribution in [1.29, 1.82) is 0 Å². The van der Waals surface area contributed by atoms with E-state index in [0.717, 1.165) is 19.3 Å². The van der Waals surface area contributed by atoms with Crippen molar-refractivity contribution < 1.29 is 18.0 Å². The van der Waals surface area contributed by atoms with Gasteiger partial charge in [0.15, 0.2) is 0 Å². The van der Waals surface area contributed by atoms with E-state index in [1.807, 2.05) is 0 Å². The Balaban J connectivity index is 1.81. The molecule has 0 aromatic rings. The molecular weight excluding hydrogens is 233 g/mol. The highest BCUT2D eigenvalue weighted by Crippen LogP contribution is 2.33. The SMILES string of the molecule is CC(CC(F)(F)F)NC(=O)C1CC2CCC1N2. The van der Waals surface area contributed by atoms with E-state index in [0.29, 0.717) is 6.04 Å². The monoisotopic (exact) mass is 250 g/mol. The summed E-state index contributed by atoms with van der Waals surface area (Å²) in [6.45, 7) is 1.39. The van der Waals surface area contributed by atoms with Gasteiger partial charge >= 0.3 is 6.18 Å². The molecule has 2 heterocycles. The van der Waals surface area contributed by atoms with E-state index in [4.69, 9.17) is 0 Å². The molecule has 6 heteroatoms. The normalized spacial score (nSPS) is 33.8. The zero-order valence-electron chi connectivity index (χ0n) is 9.68. The summed E-state index contributed by atoms with van der Waals surface area (Å²) in [7, 11) is 0. The summed E-state index contributed by atoms with van der Waals surface area (Å²) in [6.07, 6.45) is -2.40. The standard InChI is InChI=1S/C11H17F3N2O/c1-6(5-11(12,13)14)15-10(17)8-4-7-2-3-9(8)16-7/h6-9,16H,2-5H2,1H3,(H,15,17). The van der Waals surface area contributed by atoms with Gasteiger partial charge in [-0.3, -0.25) is 4.79 Å². The molecule has 2 N–H and O–H groups in total. The highest BCUT2D eigenvalue weighted by Gasteiger charge is 2.43. The van der Waals surface area contributed by atoms with Crippen LogP contribution in [-0.4, -0.2) is 30.2 Å². The van der Waals surface area contributed by atoms with Crippen molar-refractivity contribution >= 4 is 5.91 Å². The van der Waals surface area contributed by atoms with Crippen LogP contribution in [-0.2, 0) is 4.79 Å². The van der Waals surface area contributed by atoms with Gasteiger partial charge in [0.05, 0.1) is 12.3 Å². The Labute approximate surface area is 98.1 Å². The number of carbonyl (C=O) groups is 1. The molecule has 0 aromatic heterocycles. The molecule has 98 valence electrons. The molecule has 1 amide bonds. The number of hydrogen-bond donors (Lipinski definition) is 2. The van der Waals surface area contributed by atoms with Crippen molar-refractivity contribution in [3.63, 3.8) is 0 Å². The van der Waals surface area contributed by atoms with Crippen LogP contribution in [0.5, 0.6) is 0 Å². The second-order valence-corrected chi connectivity index (χ2v) is 5.12. The fraction of sp³-hybridized carbons (Fsp3) is 0.909. The zero-order valence-corrected chi connectivity index (χ0v) is 9.68. The Kier molecular flexibility index (Phi) is 3.34. The van der Waals surface area contributed by atoms with Crippen LogP contribution in [0.3, 0.4) is 0 Å². The number of rotatable bonds is 3. The molecule has 4 unspecified atom stereocenters. The fourth-order valence-electron chi connectivity index (χ4n) is 2.86. The molecule has 2 aliphatic rings. The number of nitrogens with one attached hydrogen (secondary N) is 2. The number of fused-ring (bicyclic) bond motifs is 2. The maximum Gasteiger partial charge on any atom is 0.391 e. The van der Waals surface area contributed by atoms with E-state index < -0.39 is 18.6 Å². The van der Waals surface area contributed by atoms with E-state index in [1.54, 1.807) is 0 Å². The highest BCUT2D eigenvalue weighted by molar-refractivity contribution is 5.80. The molecular formula is C11H17F3N2O. The summed E-state index contributed by atoms with van der Waals surface area (Å²) in [4.78, 5) is 11.8. The van der Waals surface area contributed by atoms with Crippen LogP contribution in [0.1, 0.15) is 32.6 Å². The first-order valence-corrected chi connectivity index (χ1v) is 5.98. The van der Waals surface area contributed by atoms with Gasteiger partial charge in [-0.05, 0) is 26.2 Å². The van der Waals surface area contributed by atoms with Gasteiger partial charge in [0.2, 0.25) is 5.91 Å². The number of alkyl halides is 3. The van der Waals surface area contributed by atoms with E-state index >= 15 is 0 Å².